The second-order valence-corrected chi connectivity index (χ2v) is 5.62. The maximum absolute atomic E-state index is 12.8. The third kappa shape index (κ3) is 4.91. The summed E-state index contributed by atoms with van der Waals surface area (Å²) in [6.07, 6.45) is 2.37. The Hall–Kier alpha value is -1.79. The summed E-state index contributed by atoms with van der Waals surface area (Å²) < 4.78 is 12.8. The monoisotopic (exact) mass is 307 g/mol. The van der Waals surface area contributed by atoms with Crippen LogP contribution in [0.2, 0.25) is 0 Å². The van der Waals surface area contributed by atoms with E-state index in [1.54, 1.807) is 17.5 Å². The molecule has 2 aromatic rings. The molecular weight excluding hydrogens is 289 g/mol. The molecule has 0 aliphatic heterocycles. The molecule has 0 saturated heterocycles. The Balaban J connectivity index is 1.88. The second kappa shape index (κ2) is 7.85. The average molecular weight is 307 g/mol. The van der Waals surface area contributed by atoms with E-state index in [0.717, 1.165) is 23.4 Å². The highest BCUT2D eigenvalue weighted by atomic mass is 32.1. The highest BCUT2D eigenvalue weighted by molar-refractivity contribution is 7.09. The van der Waals surface area contributed by atoms with Crippen LogP contribution in [0.5, 0.6) is 0 Å². The number of carbonyl (C=O) groups is 1. The van der Waals surface area contributed by atoms with Gasteiger partial charge >= 0.3 is 0 Å². The van der Waals surface area contributed by atoms with Gasteiger partial charge in [0.15, 0.2) is 0 Å². The number of benzene rings is 1. The maximum atomic E-state index is 12.8. The van der Waals surface area contributed by atoms with Gasteiger partial charge in [0.2, 0.25) is 0 Å². The minimum atomic E-state index is -0.254. The number of halogens is 1. The summed E-state index contributed by atoms with van der Waals surface area (Å²) in [4.78, 5) is 16.2. The van der Waals surface area contributed by atoms with Gasteiger partial charge in [-0.15, -0.1) is 11.3 Å². The summed E-state index contributed by atoms with van der Waals surface area (Å²) in [6, 6.07) is 6.30. The number of unbranched alkanes of at least 4 members (excludes halogenated alkanes) is 1. The van der Waals surface area contributed by atoms with Crippen molar-refractivity contribution in [3.63, 3.8) is 0 Å². The third-order valence-corrected chi connectivity index (χ3v) is 3.82. The average Bonchev–Trinajstić information content (AvgIpc) is 2.94. The number of hydrogen-bond donors (Lipinski definition) is 2. The van der Waals surface area contributed by atoms with Crippen LogP contribution in [-0.2, 0) is 6.42 Å². The number of rotatable bonds is 7. The molecule has 0 radical (unpaired) electrons. The molecule has 1 heterocycles. The van der Waals surface area contributed by atoms with Gasteiger partial charge < -0.3 is 11.1 Å². The first-order chi connectivity index (χ1) is 10.2. The zero-order chi connectivity index (χ0) is 15.1. The molecule has 112 valence electrons. The summed E-state index contributed by atoms with van der Waals surface area (Å²) in [5.74, 6) is -0.413. The summed E-state index contributed by atoms with van der Waals surface area (Å²) in [5.41, 5.74) is 6.80. The van der Waals surface area contributed by atoms with E-state index in [1.807, 2.05) is 0 Å². The van der Waals surface area contributed by atoms with Crippen LogP contribution in [0.25, 0.3) is 0 Å². The molecule has 6 heteroatoms. The Labute approximate surface area is 127 Å². The Morgan fingerprint density at radius 1 is 1.29 bits per heavy atom. The Bertz CT molecular complexity index is 583. The first-order valence-corrected chi connectivity index (χ1v) is 7.74. The molecule has 1 amide bonds. The van der Waals surface area contributed by atoms with Crippen LogP contribution in [0.3, 0.4) is 0 Å². The largest absolute Gasteiger partial charge is 0.351 e. The van der Waals surface area contributed by atoms with Gasteiger partial charge in [-0.3, -0.25) is 4.79 Å². The number of nitrogens with one attached hydrogen (secondary N) is 1. The number of nitrogens with zero attached hydrogens (tertiary/aromatic N) is 1. The minimum Gasteiger partial charge on any atom is -0.351 e. The number of amides is 1. The smallest absolute Gasteiger partial charge is 0.270 e. The fourth-order valence-electron chi connectivity index (χ4n) is 1.84. The molecule has 1 aromatic carbocycles. The van der Waals surface area contributed by atoms with Gasteiger partial charge in [-0.2, -0.15) is 0 Å². The topological polar surface area (TPSA) is 68.0 Å². The fourth-order valence-corrected chi connectivity index (χ4v) is 2.64. The van der Waals surface area contributed by atoms with Crippen LogP contribution in [0.15, 0.2) is 29.6 Å². The zero-order valence-electron chi connectivity index (χ0n) is 11.6. The first kappa shape index (κ1) is 15.6. The van der Waals surface area contributed by atoms with Crippen LogP contribution in [-0.4, -0.2) is 24.0 Å². The standard InChI is InChI=1S/C15H18FN3OS/c16-12-5-3-11(4-6-12)9-14-19-13(10-21-14)15(20)18-8-2-1-7-17/h3-6,10H,1-2,7-9,17H2,(H,18,20). The van der Waals surface area contributed by atoms with Gasteiger partial charge in [-0.1, -0.05) is 12.1 Å². The van der Waals surface area contributed by atoms with E-state index in [0.29, 0.717) is 25.2 Å². The van der Waals surface area contributed by atoms with Crippen molar-refractivity contribution in [1.82, 2.24) is 10.3 Å². The molecule has 0 bridgehead atoms. The number of carbonyl (C=O) groups excluding carboxylic acids is 1. The second-order valence-electron chi connectivity index (χ2n) is 4.68. The molecule has 1 aromatic heterocycles. The summed E-state index contributed by atoms with van der Waals surface area (Å²) in [6.45, 7) is 1.25. The summed E-state index contributed by atoms with van der Waals surface area (Å²) >= 11 is 1.43. The Kier molecular flexibility index (Phi) is 5.83. The van der Waals surface area contributed by atoms with Gasteiger partial charge in [0, 0.05) is 18.3 Å². The van der Waals surface area contributed by atoms with Crippen LogP contribution in [0, 0.1) is 5.82 Å². The van der Waals surface area contributed by atoms with Gasteiger partial charge in [-0.25, -0.2) is 9.37 Å². The predicted octanol–water partition coefficient (Wildman–Crippen LogP) is 2.34. The van der Waals surface area contributed by atoms with Crippen molar-refractivity contribution < 1.29 is 9.18 Å². The molecule has 4 nitrogen and oxygen atoms in total. The van der Waals surface area contributed by atoms with Crippen molar-refractivity contribution in [1.29, 1.82) is 0 Å². The van der Waals surface area contributed by atoms with Crippen molar-refractivity contribution in [3.8, 4) is 0 Å². The maximum Gasteiger partial charge on any atom is 0.270 e. The van der Waals surface area contributed by atoms with E-state index in [2.05, 4.69) is 10.3 Å². The van der Waals surface area contributed by atoms with Crippen LogP contribution < -0.4 is 11.1 Å². The Morgan fingerprint density at radius 2 is 2.05 bits per heavy atom. The fraction of sp³-hybridized carbons (Fsp3) is 0.333. The van der Waals surface area contributed by atoms with Gasteiger partial charge in [0.25, 0.3) is 5.91 Å². The lowest BCUT2D eigenvalue weighted by Gasteiger charge is -2.01. The van der Waals surface area contributed by atoms with Crippen molar-refractivity contribution in [2.45, 2.75) is 19.3 Å². The van der Waals surface area contributed by atoms with E-state index >= 15 is 0 Å². The lowest BCUT2D eigenvalue weighted by molar-refractivity contribution is 0.0948. The van der Waals surface area contributed by atoms with E-state index < -0.39 is 0 Å². The van der Waals surface area contributed by atoms with E-state index in [1.165, 1.54) is 23.5 Å². The van der Waals surface area contributed by atoms with Gasteiger partial charge in [-0.05, 0) is 37.1 Å². The molecule has 0 fully saturated rings. The first-order valence-electron chi connectivity index (χ1n) is 6.86. The highest BCUT2D eigenvalue weighted by Gasteiger charge is 2.10. The van der Waals surface area contributed by atoms with E-state index in [9.17, 15) is 9.18 Å². The van der Waals surface area contributed by atoms with E-state index in [-0.39, 0.29) is 11.7 Å². The summed E-state index contributed by atoms with van der Waals surface area (Å²) in [7, 11) is 0. The normalized spacial score (nSPS) is 10.6. The summed E-state index contributed by atoms with van der Waals surface area (Å²) in [5, 5.41) is 5.41. The molecule has 2 rings (SSSR count). The number of hydrogen-bond acceptors (Lipinski definition) is 4. The predicted molar refractivity (Wildman–Crippen MR) is 81.9 cm³/mol. The number of nitrogens with two attached hydrogens (primary N) is 1. The van der Waals surface area contributed by atoms with Crippen molar-refractivity contribution in [2.24, 2.45) is 5.73 Å². The molecule has 0 aliphatic carbocycles. The molecular formula is C15H18FN3OS. The molecule has 0 aliphatic rings. The molecule has 0 saturated carbocycles. The molecule has 0 spiro atoms. The van der Waals surface area contributed by atoms with Crippen LogP contribution in [0.4, 0.5) is 4.39 Å². The van der Waals surface area contributed by atoms with Crippen LogP contribution in [0.1, 0.15) is 33.9 Å². The molecule has 3 N–H and O–H groups in total. The highest BCUT2D eigenvalue weighted by Crippen LogP contribution is 2.15. The lowest BCUT2D eigenvalue weighted by Crippen LogP contribution is -2.25. The minimum absolute atomic E-state index is 0.159. The van der Waals surface area contributed by atoms with Crippen molar-refractivity contribution in [3.05, 3.63) is 51.7 Å². The van der Waals surface area contributed by atoms with Crippen molar-refractivity contribution >= 4 is 17.2 Å². The molecule has 21 heavy (non-hydrogen) atoms. The van der Waals surface area contributed by atoms with Gasteiger partial charge in [0.1, 0.15) is 11.5 Å². The Morgan fingerprint density at radius 3 is 2.76 bits per heavy atom. The number of aromatic nitrogens is 1. The molecule has 0 atom stereocenters. The van der Waals surface area contributed by atoms with Gasteiger partial charge in [0.05, 0.1) is 5.01 Å². The zero-order valence-corrected chi connectivity index (χ0v) is 12.5. The van der Waals surface area contributed by atoms with Crippen molar-refractivity contribution in [2.75, 3.05) is 13.1 Å². The quantitative estimate of drug-likeness (QED) is 0.772. The number of thiazole rings is 1. The SMILES string of the molecule is NCCCCNC(=O)c1csc(Cc2ccc(F)cc2)n1. The lowest BCUT2D eigenvalue weighted by atomic mass is 10.1. The third-order valence-electron chi connectivity index (χ3n) is 2.97. The van der Waals surface area contributed by atoms with E-state index in [4.69, 9.17) is 5.73 Å². The van der Waals surface area contributed by atoms with Crippen LogP contribution >= 0.6 is 11.3 Å². The molecule has 0 unspecified atom stereocenters.